The number of aliphatic hydroxyl groups is 1. The predicted molar refractivity (Wildman–Crippen MR) is 163 cm³/mol. The van der Waals surface area contributed by atoms with E-state index in [0.717, 1.165) is 18.8 Å². The highest BCUT2D eigenvalue weighted by molar-refractivity contribution is 6.04. The lowest BCUT2D eigenvalue weighted by molar-refractivity contribution is -0.151. The Balaban J connectivity index is 1.33. The Morgan fingerprint density at radius 3 is 2.39 bits per heavy atom. The van der Waals surface area contributed by atoms with Gasteiger partial charge in [-0.2, -0.15) is 0 Å². The topological polar surface area (TPSA) is 112 Å². The smallest absolute Gasteiger partial charge is 0.249 e. The first-order valence-corrected chi connectivity index (χ1v) is 15.9. The molecule has 5 heterocycles. The van der Waals surface area contributed by atoms with Crippen LogP contribution >= 0.6 is 0 Å². The fourth-order valence-corrected chi connectivity index (χ4v) is 7.61. The second-order valence-corrected chi connectivity index (χ2v) is 12.4. The average molecular weight is 609 g/mol. The summed E-state index contributed by atoms with van der Waals surface area (Å²) in [5.41, 5.74) is -1.67. The van der Waals surface area contributed by atoms with Gasteiger partial charge in [-0.3, -0.25) is 19.3 Å². The lowest BCUT2D eigenvalue weighted by atomic mass is 9.74. The molecule has 1 aromatic carbocycles. The number of morpholine rings is 1. The molecule has 1 unspecified atom stereocenters. The SMILES string of the molecule is CCOc1ccc(N2CC=C[C@@]3(C)O[C@]45C=CCN(CCN6CCOCC6)C(=O)C4N(CCCCO)C(=O)[C@@H]5[C@H]3C2=O)cc1. The van der Waals surface area contributed by atoms with Crippen molar-refractivity contribution in [3.8, 4) is 5.75 Å². The van der Waals surface area contributed by atoms with Gasteiger partial charge in [0.2, 0.25) is 17.7 Å². The first kappa shape index (κ1) is 30.8. The van der Waals surface area contributed by atoms with Crippen molar-refractivity contribution in [2.75, 3.05) is 77.1 Å². The molecule has 3 amide bonds. The minimum absolute atomic E-state index is 0.00167. The summed E-state index contributed by atoms with van der Waals surface area (Å²) in [7, 11) is 0. The van der Waals surface area contributed by atoms with Crippen LogP contribution in [0, 0.1) is 11.8 Å². The Morgan fingerprint density at radius 2 is 1.66 bits per heavy atom. The minimum atomic E-state index is -1.29. The van der Waals surface area contributed by atoms with Gasteiger partial charge in [0.1, 0.15) is 17.4 Å². The molecule has 5 aliphatic heterocycles. The average Bonchev–Trinajstić information content (AvgIpc) is 3.29. The number of rotatable bonds is 10. The summed E-state index contributed by atoms with van der Waals surface area (Å²) < 4.78 is 18.0. The summed E-state index contributed by atoms with van der Waals surface area (Å²) in [5.74, 6) is -1.60. The van der Waals surface area contributed by atoms with E-state index in [-0.39, 0.29) is 24.3 Å². The van der Waals surface area contributed by atoms with E-state index in [4.69, 9.17) is 14.2 Å². The highest BCUT2D eigenvalue weighted by Gasteiger charge is 2.74. The number of aliphatic hydroxyl groups excluding tert-OH is 1. The van der Waals surface area contributed by atoms with Crippen LogP contribution in [0.4, 0.5) is 5.69 Å². The van der Waals surface area contributed by atoms with E-state index in [1.54, 1.807) is 9.80 Å². The van der Waals surface area contributed by atoms with Gasteiger partial charge in [-0.15, -0.1) is 0 Å². The summed E-state index contributed by atoms with van der Waals surface area (Å²) in [6.45, 7) is 9.59. The first-order chi connectivity index (χ1) is 21.3. The number of benzene rings is 1. The van der Waals surface area contributed by atoms with Gasteiger partial charge in [-0.05, 0) is 51.0 Å². The zero-order chi connectivity index (χ0) is 30.9. The normalized spacial score (nSPS) is 32.0. The van der Waals surface area contributed by atoms with Crippen molar-refractivity contribution in [1.82, 2.24) is 14.7 Å². The summed E-state index contributed by atoms with van der Waals surface area (Å²) in [4.78, 5) is 50.9. The first-order valence-electron chi connectivity index (χ1n) is 15.9. The summed E-state index contributed by atoms with van der Waals surface area (Å²) in [6.07, 6.45) is 8.69. The Kier molecular flexibility index (Phi) is 8.83. The number of unbranched alkanes of at least 4 members (excludes halogenated alkanes) is 1. The van der Waals surface area contributed by atoms with Gasteiger partial charge >= 0.3 is 0 Å². The van der Waals surface area contributed by atoms with E-state index in [1.165, 1.54) is 0 Å². The fraction of sp³-hybridized carbons (Fsp3) is 0.606. The number of fused-ring (bicyclic) bond motifs is 2. The molecule has 6 rings (SSSR count). The number of carbonyl (C=O) groups excluding carboxylic acids is 3. The van der Waals surface area contributed by atoms with E-state index in [1.807, 2.05) is 67.3 Å². The molecule has 0 saturated carbocycles. The monoisotopic (exact) mass is 608 g/mol. The number of anilines is 1. The molecule has 11 heteroatoms. The van der Waals surface area contributed by atoms with Crippen LogP contribution in [0.1, 0.15) is 26.7 Å². The Hall–Kier alpha value is -3.25. The molecule has 0 radical (unpaired) electrons. The summed E-state index contributed by atoms with van der Waals surface area (Å²) in [6, 6.07) is 6.49. The van der Waals surface area contributed by atoms with Crippen molar-refractivity contribution in [2.24, 2.45) is 11.8 Å². The number of carbonyl (C=O) groups is 3. The quantitative estimate of drug-likeness (QED) is 0.314. The zero-order valence-corrected chi connectivity index (χ0v) is 25.7. The van der Waals surface area contributed by atoms with Gasteiger partial charge in [0.05, 0.1) is 37.3 Å². The van der Waals surface area contributed by atoms with E-state index in [9.17, 15) is 19.5 Å². The van der Waals surface area contributed by atoms with Crippen LogP contribution in [-0.4, -0.2) is 127 Å². The molecular weight excluding hydrogens is 564 g/mol. The minimum Gasteiger partial charge on any atom is -0.494 e. The van der Waals surface area contributed by atoms with Crippen molar-refractivity contribution < 1.29 is 33.7 Å². The molecule has 1 spiro atoms. The molecule has 0 bridgehead atoms. The van der Waals surface area contributed by atoms with Gasteiger partial charge in [0.15, 0.2) is 0 Å². The zero-order valence-electron chi connectivity index (χ0n) is 25.7. The second kappa shape index (κ2) is 12.6. The predicted octanol–water partition coefficient (Wildman–Crippen LogP) is 1.46. The number of hydrogen-bond donors (Lipinski definition) is 1. The van der Waals surface area contributed by atoms with Gasteiger partial charge in [0, 0.05) is 58.1 Å². The number of ether oxygens (including phenoxy) is 3. The van der Waals surface area contributed by atoms with Gasteiger partial charge in [-0.1, -0.05) is 24.3 Å². The van der Waals surface area contributed by atoms with Crippen LogP contribution in [0.15, 0.2) is 48.6 Å². The maximum atomic E-state index is 14.5. The standard InChI is InChI=1S/C33H44N4O7/c1-3-43-25-10-8-24(9-11-25)36-16-6-12-32(2)26(29(36)39)27-30(40)37(15-4-5-21-38)28-31(41)35(14-7-13-33(27,28)44-32)18-17-34-19-22-42-23-20-34/h6-13,26-28,38H,3-5,14-23H2,1-2H3/t26-,27-,28?,32+,33-/m0/s1. The molecule has 0 aliphatic carbocycles. The lowest BCUT2D eigenvalue weighted by Gasteiger charge is -2.38. The van der Waals surface area contributed by atoms with Gasteiger partial charge < -0.3 is 34.0 Å². The number of likely N-dealkylation sites (tertiary alicyclic amines) is 1. The maximum Gasteiger partial charge on any atom is 0.249 e. The van der Waals surface area contributed by atoms with Crippen molar-refractivity contribution in [2.45, 2.75) is 43.9 Å². The lowest BCUT2D eigenvalue weighted by Crippen LogP contribution is -2.56. The van der Waals surface area contributed by atoms with E-state index in [2.05, 4.69) is 4.90 Å². The third-order valence-corrected chi connectivity index (χ3v) is 9.70. The largest absolute Gasteiger partial charge is 0.494 e. The third kappa shape index (κ3) is 5.33. The molecule has 0 aromatic heterocycles. The molecule has 1 aromatic rings. The van der Waals surface area contributed by atoms with Crippen LogP contribution in [0.25, 0.3) is 0 Å². The number of amides is 3. The molecule has 238 valence electrons. The van der Waals surface area contributed by atoms with Crippen molar-refractivity contribution in [3.05, 3.63) is 48.6 Å². The molecule has 5 aliphatic rings. The summed E-state index contributed by atoms with van der Waals surface area (Å²) >= 11 is 0. The van der Waals surface area contributed by atoms with Crippen molar-refractivity contribution in [1.29, 1.82) is 0 Å². The van der Waals surface area contributed by atoms with Crippen molar-refractivity contribution in [3.63, 3.8) is 0 Å². The van der Waals surface area contributed by atoms with Crippen LogP contribution in [0.3, 0.4) is 0 Å². The molecule has 44 heavy (non-hydrogen) atoms. The second-order valence-electron chi connectivity index (χ2n) is 12.4. The third-order valence-electron chi connectivity index (χ3n) is 9.70. The van der Waals surface area contributed by atoms with E-state index < -0.39 is 29.1 Å². The molecular formula is C33H44N4O7. The highest BCUT2D eigenvalue weighted by atomic mass is 16.5. The molecule has 5 atom stereocenters. The van der Waals surface area contributed by atoms with Crippen molar-refractivity contribution >= 4 is 23.4 Å². The number of hydrogen-bond acceptors (Lipinski definition) is 8. The van der Waals surface area contributed by atoms with Crippen LogP contribution in [-0.2, 0) is 23.9 Å². The Morgan fingerprint density at radius 1 is 0.909 bits per heavy atom. The maximum absolute atomic E-state index is 14.5. The van der Waals surface area contributed by atoms with Gasteiger partial charge in [0.25, 0.3) is 0 Å². The van der Waals surface area contributed by atoms with Gasteiger partial charge in [-0.25, -0.2) is 0 Å². The molecule has 1 N–H and O–H groups in total. The van der Waals surface area contributed by atoms with Crippen LogP contribution in [0.5, 0.6) is 5.75 Å². The Labute approximate surface area is 259 Å². The number of nitrogens with zero attached hydrogens (tertiary/aromatic N) is 4. The van der Waals surface area contributed by atoms with Crippen LogP contribution < -0.4 is 9.64 Å². The van der Waals surface area contributed by atoms with E-state index in [0.29, 0.717) is 71.1 Å². The molecule has 11 nitrogen and oxygen atoms in total. The highest BCUT2D eigenvalue weighted by Crippen LogP contribution is 2.57. The van der Waals surface area contributed by atoms with E-state index >= 15 is 0 Å². The fourth-order valence-electron chi connectivity index (χ4n) is 7.61. The van der Waals surface area contributed by atoms with Crippen LogP contribution in [0.2, 0.25) is 0 Å². The Bertz CT molecular complexity index is 1300. The molecule has 3 fully saturated rings. The summed E-state index contributed by atoms with van der Waals surface area (Å²) in [5, 5.41) is 9.48. The molecule has 3 saturated heterocycles.